The highest BCUT2D eigenvalue weighted by atomic mass is 16.6. The number of piperidine rings is 1. The maximum absolute atomic E-state index is 12.2. The predicted octanol–water partition coefficient (Wildman–Crippen LogP) is 3.09. The maximum atomic E-state index is 12.2. The lowest BCUT2D eigenvalue weighted by atomic mass is 9.85. The monoisotopic (exact) mass is 271 g/mol. The van der Waals surface area contributed by atoms with Crippen molar-refractivity contribution in [2.45, 2.75) is 25.5 Å². The van der Waals surface area contributed by atoms with Gasteiger partial charge in [0.2, 0.25) is 0 Å². The summed E-state index contributed by atoms with van der Waals surface area (Å²) in [7, 11) is 0. The summed E-state index contributed by atoms with van der Waals surface area (Å²) in [4.78, 5) is 14.5. The van der Waals surface area contributed by atoms with Crippen LogP contribution in [0.15, 0.2) is 43.0 Å². The maximum Gasteiger partial charge on any atom is 0.339 e. The first-order chi connectivity index (χ1) is 9.78. The molecule has 1 unspecified atom stereocenters. The predicted molar refractivity (Wildman–Crippen MR) is 78.2 cm³/mol. The zero-order valence-corrected chi connectivity index (χ0v) is 11.7. The first kappa shape index (κ1) is 13.4. The van der Waals surface area contributed by atoms with E-state index in [1.165, 1.54) is 6.42 Å². The molecule has 3 heterocycles. The fraction of sp³-hybridized carbons (Fsp3) is 0.471. The molecular weight excluding hydrogens is 250 g/mol. The Morgan fingerprint density at radius 3 is 2.80 bits per heavy atom. The highest BCUT2D eigenvalue weighted by Crippen LogP contribution is 2.35. The molecule has 3 aliphatic heterocycles. The van der Waals surface area contributed by atoms with Crippen LogP contribution < -0.4 is 0 Å². The van der Waals surface area contributed by atoms with Gasteiger partial charge >= 0.3 is 5.97 Å². The minimum atomic E-state index is -0.212. The highest BCUT2D eigenvalue weighted by molar-refractivity contribution is 5.89. The number of benzene rings is 1. The Morgan fingerprint density at radius 2 is 2.05 bits per heavy atom. The third-order valence-electron chi connectivity index (χ3n) is 4.58. The summed E-state index contributed by atoms with van der Waals surface area (Å²) in [6.07, 6.45) is 5.25. The van der Waals surface area contributed by atoms with Crippen LogP contribution in [0.4, 0.5) is 0 Å². The normalized spacial score (nSPS) is 32.4. The average molecular weight is 271 g/mol. The van der Waals surface area contributed by atoms with Gasteiger partial charge in [0, 0.05) is 13.1 Å². The number of hydrogen-bond donors (Lipinski definition) is 0. The molecule has 3 aliphatic rings. The Morgan fingerprint density at radius 1 is 1.25 bits per heavy atom. The topological polar surface area (TPSA) is 29.5 Å². The lowest BCUT2D eigenvalue weighted by Gasteiger charge is -2.35. The zero-order chi connectivity index (χ0) is 13.9. The number of esters is 1. The number of fused-ring (bicyclic) bond motifs is 4. The van der Waals surface area contributed by atoms with E-state index in [9.17, 15) is 4.79 Å². The SMILES string of the molecule is C=C[C@H]1CN2CC[C@H]1CC[C@@H]2OC(=O)c1ccccc1. The van der Waals surface area contributed by atoms with Crippen LogP contribution in [0.25, 0.3) is 0 Å². The van der Waals surface area contributed by atoms with Gasteiger partial charge < -0.3 is 4.74 Å². The van der Waals surface area contributed by atoms with Crippen molar-refractivity contribution in [2.75, 3.05) is 13.1 Å². The molecule has 4 rings (SSSR count). The van der Waals surface area contributed by atoms with E-state index >= 15 is 0 Å². The second-order valence-corrected chi connectivity index (χ2v) is 5.75. The molecule has 1 aromatic rings. The Hall–Kier alpha value is -1.61. The third kappa shape index (κ3) is 2.63. The second kappa shape index (κ2) is 5.80. The first-order valence-corrected chi connectivity index (χ1v) is 7.40. The van der Waals surface area contributed by atoms with Crippen molar-refractivity contribution in [3.8, 4) is 0 Å². The van der Waals surface area contributed by atoms with Gasteiger partial charge in [0.05, 0.1) is 5.56 Å². The smallest absolute Gasteiger partial charge is 0.339 e. The molecule has 0 saturated carbocycles. The van der Waals surface area contributed by atoms with Crippen molar-refractivity contribution in [3.63, 3.8) is 0 Å². The molecule has 20 heavy (non-hydrogen) atoms. The molecule has 0 spiro atoms. The lowest BCUT2D eigenvalue weighted by molar-refractivity contribution is -0.0375. The van der Waals surface area contributed by atoms with E-state index in [2.05, 4.69) is 17.6 Å². The Kier molecular flexibility index (Phi) is 3.88. The Balaban J connectivity index is 1.69. The fourth-order valence-corrected chi connectivity index (χ4v) is 3.38. The van der Waals surface area contributed by atoms with E-state index < -0.39 is 0 Å². The van der Waals surface area contributed by atoms with Crippen LogP contribution in [0.2, 0.25) is 0 Å². The number of rotatable bonds is 3. The first-order valence-electron chi connectivity index (χ1n) is 7.40. The van der Waals surface area contributed by atoms with Gasteiger partial charge in [-0.15, -0.1) is 6.58 Å². The fourth-order valence-electron chi connectivity index (χ4n) is 3.38. The molecular formula is C17H21NO2. The third-order valence-corrected chi connectivity index (χ3v) is 4.58. The van der Waals surface area contributed by atoms with Crippen molar-refractivity contribution in [1.82, 2.24) is 4.90 Å². The molecule has 0 radical (unpaired) electrons. The van der Waals surface area contributed by atoms with Crippen LogP contribution in [-0.2, 0) is 4.74 Å². The van der Waals surface area contributed by atoms with E-state index in [0.29, 0.717) is 17.4 Å². The van der Waals surface area contributed by atoms with Crippen molar-refractivity contribution < 1.29 is 9.53 Å². The van der Waals surface area contributed by atoms with Crippen molar-refractivity contribution >= 4 is 5.97 Å². The van der Waals surface area contributed by atoms with Crippen LogP contribution >= 0.6 is 0 Å². The molecule has 3 heteroatoms. The number of hydrogen-bond acceptors (Lipinski definition) is 3. The summed E-state index contributed by atoms with van der Waals surface area (Å²) in [5.74, 6) is 1.05. The van der Waals surface area contributed by atoms with Gasteiger partial charge in [0.1, 0.15) is 0 Å². The summed E-state index contributed by atoms with van der Waals surface area (Å²) >= 11 is 0. The van der Waals surface area contributed by atoms with Gasteiger partial charge in [-0.3, -0.25) is 4.90 Å². The van der Waals surface area contributed by atoms with Crippen LogP contribution in [0, 0.1) is 11.8 Å². The van der Waals surface area contributed by atoms with Crippen LogP contribution in [0.5, 0.6) is 0 Å². The summed E-state index contributed by atoms with van der Waals surface area (Å²) in [5.41, 5.74) is 0.632. The quantitative estimate of drug-likeness (QED) is 0.625. The molecule has 106 valence electrons. The molecule has 0 aliphatic carbocycles. The molecule has 2 bridgehead atoms. The summed E-state index contributed by atoms with van der Waals surface area (Å²) in [6, 6.07) is 9.24. The largest absolute Gasteiger partial charge is 0.443 e. The molecule has 3 nitrogen and oxygen atoms in total. The van der Waals surface area contributed by atoms with Gasteiger partial charge in [-0.25, -0.2) is 4.79 Å². The van der Waals surface area contributed by atoms with Gasteiger partial charge in [0.15, 0.2) is 6.23 Å². The number of ether oxygens (including phenoxy) is 1. The van der Waals surface area contributed by atoms with E-state index in [-0.39, 0.29) is 12.2 Å². The number of carbonyl (C=O) groups excluding carboxylic acids is 1. The minimum Gasteiger partial charge on any atom is -0.443 e. The number of nitrogens with zero attached hydrogens (tertiary/aromatic N) is 1. The lowest BCUT2D eigenvalue weighted by Crippen LogP contribution is -2.43. The van der Waals surface area contributed by atoms with Crippen LogP contribution in [0.1, 0.15) is 29.6 Å². The number of carbonyl (C=O) groups is 1. The molecule has 3 fully saturated rings. The minimum absolute atomic E-state index is 0.0716. The molecule has 4 atom stereocenters. The summed E-state index contributed by atoms with van der Waals surface area (Å²) < 4.78 is 5.73. The summed E-state index contributed by atoms with van der Waals surface area (Å²) in [6.45, 7) is 5.95. The van der Waals surface area contributed by atoms with E-state index in [4.69, 9.17) is 4.74 Å². The molecule has 0 N–H and O–H groups in total. The van der Waals surface area contributed by atoms with Gasteiger partial charge in [0.25, 0.3) is 0 Å². The van der Waals surface area contributed by atoms with Crippen molar-refractivity contribution in [2.24, 2.45) is 11.8 Å². The second-order valence-electron chi connectivity index (χ2n) is 5.75. The zero-order valence-electron chi connectivity index (χ0n) is 11.7. The Labute approximate surface area is 120 Å². The van der Waals surface area contributed by atoms with Crippen molar-refractivity contribution in [1.29, 1.82) is 0 Å². The van der Waals surface area contributed by atoms with E-state index in [1.54, 1.807) is 12.1 Å². The Bertz CT molecular complexity index is 485. The van der Waals surface area contributed by atoms with E-state index in [0.717, 1.165) is 25.9 Å². The molecule has 3 saturated heterocycles. The van der Waals surface area contributed by atoms with Gasteiger partial charge in [-0.2, -0.15) is 0 Å². The molecule has 0 amide bonds. The molecule has 1 aromatic carbocycles. The standard InChI is InChI=1S/C17H21NO2/c1-2-13-12-18-11-10-14(13)8-9-16(18)20-17(19)15-6-4-3-5-7-15/h2-7,13-14,16H,1,8-12H2/t13-,14+,16-/m0/s1. The highest BCUT2D eigenvalue weighted by Gasteiger charge is 2.36. The van der Waals surface area contributed by atoms with Crippen molar-refractivity contribution in [3.05, 3.63) is 48.6 Å². The summed E-state index contributed by atoms with van der Waals surface area (Å²) in [5, 5.41) is 0. The van der Waals surface area contributed by atoms with Gasteiger partial charge in [-0.1, -0.05) is 24.3 Å². The van der Waals surface area contributed by atoms with Crippen LogP contribution in [-0.4, -0.2) is 30.2 Å². The average Bonchev–Trinajstić information content (AvgIpc) is 2.79. The van der Waals surface area contributed by atoms with E-state index in [1.807, 2.05) is 18.2 Å². The van der Waals surface area contributed by atoms with Gasteiger partial charge in [-0.05, 0) is 43.2 Å². The van der Waals surface area contributed by atoms with Crippen LogP contribution in [0.3, 0.4) is 0 Å². The molecule has 0 aromatic heterocycles.